The highest BCUT2D eigenvalue weighted by Crippen LogP contribution is 2.51. The van der Waals surface area contributed by atoms with E-state index in [-0.39, 0.29) is 19.0 Å². The summed E-state index contributed by atoms with van der Waals surface area (Å²) in [6.07, 6.45) is 3.48. The lowest BCUT2D eigenvalue weighted by Crippen LogP contribution is -2.40. The number of thioether (sulfide) groups is 1. The van der Waals surface area contributed by atoms with E-state index < -0.39 is 16.8 Å². The van der Waals surface area contributed by atoms with E-state index in [0.29, 0.717) is 13.0 Å². The molecule has 0 aromatic heterocycles. The fourth-order valence-corrected chi connectivity index (χ4v) is 5.47. The van der Waals surface area contributed by atoms with E-state index in [1.807, 2.05) is 48.5 Å². The van der Waals surface area contributed by atoms with Gasteiger partial charge in [0.2, 0.25) is 0 Å². The Morgan fingerprint density at radius 2 is 1.79 bits per heavy atom. The lowest BCUT2D eigenvalue weighted by atomic mass is 9.75. The molecular formula is C26H28ClNO5S. The maximum absolute atomic E-state index is 12.3. The molecule has 0 saturated carbocycles. The van der Waals surface area contributed by atoms with Crippen molar-refractivity contribution in [3.8, 4) is 5.75 Å². The second-order valence-corrected chi connectivity index (χ2v) is 9.03. The van der Waals surface area contributed by atoms with Gasteiger partial charge in [-0.1, -0.05) is 36.0 Å². The van der Waals surface area contributed by atoms with Crippen LogP contribution in [0.1, 0.15) is 32.3 Å². The molecule has 0 radical (unpaired) electrons. The first-order chi connectivity index (χ1) is 16.4. The number of para-hydroxylation sites is 1. The Balaban J connectivity index is 2.04. The predicted octanol–water partition coefficient (Wildman–Crippen LogP) is 5.84. The average Bonchev–Trinajstić information content (AvgIpc) is 3.16. The van der Waals surface area contributed by atoms with Gasteiger partial charge in [-0.2, -0.15) is 0 Å². The molecule has 34 heavy (non-hydrogen) atoms. The highest BCUT2D eigenvalue weighted by atomic mass is 35.5. The third kappa shape index (κ3) is 5.83. The van der Waals surface area contributed by atoms with Crippen molar-refractivity contribution in [3.63, 3.8) is 0 Å². The lowest BCUT2D eigenvalue weighted by Gasteiger charge is -2.34. The van der Waals surface area contributed by atoms with Crippen LogP contribution in [0.2, 0.25) is 0 Å². The number of hydrogen-bond donors (Lipinski definition) is 0. The summed E-state index contributed by atoms with van der Waals surface area (Å²) in [7, 11) is 1.62. The molecule has 2 aromatic carbocycles. The summed E-state index contributed by atoms with van der Waals surface area (Å²) >= 11 is 8.50. The van der Waals surface area contributed by atoms with Gasteiger partial charge >= 0.3 is 11.9 Å². The number of benzene rings is 2. The third-order valence-corrected chi connectivity index (χ3v) is 7.12. The summed E-state index contributed by atoms with van der Waals surface area (Å²) in [6, 6.07) is 15.4. The van der Waals surface area contributed by atoms with Crippen molar-refractivity contribution < 1.29 is 23.8 Å². The fraction of sp³-hybridized carbons (Fsp3) is 0.346. The molecule has 0 bridgehead atoms. The van der Waals surface area contributed by atoms with E-state index in [1.54, 1.807) is 27.0 Å². The van der Waals surface area contributed by atoms with E-state index in [9.17, 15) is 9.59 Å². The van der Waals surface area contributed by atoms with Crippen molar-refractivity contribution in [2.75, 3.05) is 20.3 Å². The maximum Gasteiger partial charge on any atom is 0.330 e. The second kappa shape index (κ2) is 12.1. The zero-order chi connectivity index (χ0) is 24.6. The smallest absolute Gasteiger partial charge is 0.330 e. The second-order valence-electron chi connectivity index (χ2n) is 7.50. The molecule has 2 aromatic rings. The van der Waals surface area contributed by atoms with Crippen molar-refractivity contribution in [1.29, 1.82) is 0 Å². The van der Waals surface area contributed by atoms with E-state index in [2.05, 4.69) is 0 Å². The molecule has 0 aliphatic carbocycles. The molecule has 8 heteroatoms. The lowest BCUT2D eigenvalue weighted by molar-refractivity contribution is -0.143. The van der Waals surface area contributed by atoms with Crippen molar-refractivity contribution >= 4 is 46.0 Å². The van der Waals surface area contributed by atoms with Gasteiger partial charge in [0.25, 0.3) is 0 Å². The van der Waals surface area contributed by atoms with Crippen LogP contribution >= 0.6 is 23.4 Å². The summed E-state index contributed by atoms with van der Waals surface area (Å²) in [6.45, 7) is 4.09. The summed E-state index contributed by atoms with van der Waals surface area (Å²) in [5.74, 6) is -0.0262. The minimum Gasteiger partial charge on any atom is -0.497 e. The van der Waals surface area contributed by atoms with Crippen LogP contribution in [0, 0.1) is 0 Å². The number of carbonyl (C=O) groups excluding carboxylic acids is 2. The predicted molar refractivity (Wildman–Crippen MR) is 135 cm³/mol. The topological polar surface area (TPSA) is 74.2 Å². The summed E-state index contributed by atoms with van der Waals surface area (Å²) in [5.41, 5.74) is 0.861. The molecule has 1 heterocycles. The van der Waals surface area contributed by atoms with Gasteiger partial charge in [-0.15, -0.1) is 11.6 Å². The SMILES string of the molecule is CCOC(=O)/C=C/[C@H](Cl)[C@@]1(CCC(=O)OCC)C(Sc2ccc(OC)cc2)=Nc2ccccc21. The summed E-state index contributed by atoms with van der Waals surface area (Å²) < 4.78 is 15.5. The van der Waals surface area contributed by atoms with Crippen LogP contribution in [0.25, 0.3) is 0 Å². The van der Waals surface area contributed by atoms with Gasteiger partial charge in [0.1, 0.15) is 5.75 Å². The molecule has 0 spiro atoms. The first kappa shape index (κ1) is 25.8. The van der Waals surface area contributed by atoms with Crippen molar-refractivity contribution in [2.24, 2.45) is 4.99 Å². The highest BCUT2D eigenvalue weighted by molar-refractivity contribution is 8.14. The summed E-state index contributed by atoms with van der Waals surface area (Å²) in [5, 5.41) is 0.0798. The molecule has 0 fully saturated rings. The molecule has 1 aliphatic heterocycles. The number of halogens is 1. The van der Waals surface area contributed by atoms with E-state index in [4.69, 9.17) is 30.8 Å². The van der Waals surface area contributed by atoms with Gasteiger partial charge in [0.05, 0.1) is 41.8 Å². The number of carbonyl (C=O) groups is 2. The number of allylic oxidation sites excluding steroid dienone is 1. The van der Waals surface area contributed by atoms with E-state index >= 15 is 0 Å². The quantitative estimate of drug-likeness (QED) is 0.231. The van der Waals surface area contributed by atoms with Crippen LogP contribution in [0.4, 0.5) is 5.69 Å². The molecule has 2 atom stereocenters. The molecule has 0 amide bonds. The minimum atomic E-state index is -0.835. The van der Waals surface area contributed by atoms with E-state index in [0.717, 1.165) is 26.9 Å². The number of esters is 2. The van der Waals surface area contributed by atoms with Crippen LogP contribution in [0.15, 0.2) is 70.6 Å². The number of methoxy groups -OCH3 is 1. The first-order valence-corrected chi connectivity index (χ1v) is 12.3. The number of alkyl halides is 1. The largest absolute Gasteiger partial charge is 0.497 e. The standard InChI is InChI=1S/C26H28ClNO5S/c1-4-32-23(29)15-14-22(27)26(17-16-24(30)33-5-2)20-8-6-7-9-21(20)28-25(26)34-19-12-10-18(31-3)11-13-19/h6-15,22H,4-5,16-17H2,1-3H3/b15-14+/t22-,26-/m0/s1. The minimum absolute atomic E-state index is 0.154. The number of nitrogens with zero attached hydrogens (tertiary/aromatic N) is 1. The normalized spacial score (nSPS) is 17.7. The van der Waals surface area contributed by atoms with Gasteiger partial charge in [-0.25, -0.2) is 9.79 Å². The number of hydrogen-bond acceptors (Lipinski definition) is 7. The Labute approximate surface area is 209 Å². The van der Waals surface area contributed by atoms with E-state index in [1.165, 1.54) is 17.8 Å². The molecule has 3 rings (SSSR count). The van der Waals surface area contributed by atoms with Crippen molar-refractivity contribution in [2.45, 2.75) is 42.4 Å². The van der Waals surface area contributed by atoms with Crippen LogP contribution in [0.3, 0.4) is 0 Å². The van der Waals surface area contributed by atoms with Crippen LogP contribution in [-0.2, 0) is 24.5 Å². The van der Waals surface area contributed by atoms with Gasteiger partial charge in [0.15, 0.2) is 0 Å². The number of ether oxygens (including phenoxy) is 3. The highest BCUT2D eigenvalue weighted by Gasteiger charge is 2.48. The molecule has 1 aliphatic rings. The molecule has 0 unspecified atom stereocenters. The van der Waals surface area contributed by atoms with Gasteiger partial charge in [0, 0.05) is 17.4 Å². The molecule has 180 valence electrons. The maximum atomic E-state index is 12.3. The van der Waals surface area contributed by atoms with Crippen LogP contribution < -0.4 is 4.74 Å². The van der Waals surface area contributed by atoms with Crippen molar-refractivity contribution in [3.05, 3.63) is 66.2 Å². The Bertz CT molecular complexity index is 1070. The number of fused-ring (bicyclic) bond motifs is 1. The number of aliphatic imine (C=N–C) groups is 1. The van der Waals surface area contributed by atoms with Crippen LogP contribution in [-0.4, -0.2) is 42.7 Å². The Morgan fingerprint density at radius 3 is 2.47 bits per heavy atom. The number of rotatable bonds is 10. The third-order valence-electron chi connectivity index (χ3n) is 5.45. The molecular weight excluding hydrogens is 474 g/mol. The fourth-order valence-electron chi connectivity index (χ4n) is 3.84. The molecule has 0 saturated heterocycles. The Kier molecular flexibility index (Phi) is 9.19. The zero-order valence-corrected chi connectivity index (χ0v) is 21.0. The average molecular weight is 502 g/mol. The summed E-state index contributed by atoms with van der Waals surface area (Å²) in [4.78, 5) is 30.2. The zero-order valence-electron chi connectivity index (χ0n) is 19.5. The molecule has 6 nitrogen and oxygen atoms in total. The molecule has 0 N–H and O–H groups in total. The van der Waals surface area contributed by atoms with Gasteiger partial charge < -0.3 is 14.2 Å². The van der Waals surface area contributed by atoms with Crippen molar-refractivity contribution in [1.82, 2.24) is 0 Å². The monoisotopic (exact) mass is 501 g/mol. The van der Waals surface area contributed by atoms with Crippen LogP contribution in [0.5, 0.6) is 5.75 Å². The Hall–Kier alpha value is -2.77. The Morgan fingerprint density at radius 1 is 1.09 bits per heavy atom. The van der Waals surface area contributed by atoms with Gasteiger partial charge in [-0.3, -0.25) is 4.79 Å². The first-order valence-electron chi connectivity index (χ1n) is 11.1. The van der Waals surface area contributed by atoms with Gasteiger partial charge in [-0.05, 0) is 56.2 Å².